The minimum Gasteiger partial charge on any atom is -0.755 e. The molecule has 0 aromatic carbocycles. The summed E-state index contributed by atoms with van der Waals surface area (Å²) in [7, 11) is 0. The first-order chi connectivity index (χ1) is 5.59. The van der Waals surface area contributed by atoms with Crippen LogP contribution in [0, 0.1) is 6.92 Å². The minimum absolute atomic E-state index is 0.397. The number of halogens is 1. The molecule has 0 saturated heterocycles. The molecule has 0 spiro atoms. The van der Waals surface area contributed by atoms with Gasteiger partial charge in [0.25, 0.3) is 0 Å². The first kappa shape index (κ1) is 9.44. The molecular formula is C6H6ClN2O2S-. The Morgan fingerprint density at radius 1 is 1.75 bits per heavy atom. The average Bonchev–Trinajstić information content (AvgIpc) is 1.96. The summed E-state index contributed by atoms with van der Waals surface area (Å²) in [6, 6.07) is 1.50. The van der Waals surface area contributed by atoms with Gasteiger partial charge in [-0.1, -0.05) is 11.6 Å². The number of nitrogens with one attached hydrogen (secondary N) is 1. The zero-order chi connectivity index (χ0) is 9.14. The topological polar surface area (TPSA) is 65.0 Å². The molecule has 1 heterocycles. The highest BCUT2D eigenvalue weighted by Gasteiger charge is 1.98. The van der Waals surface area contributed by atoms with E-state index in [1.54, 1.807) is 6.92 Å². The predicted molar refractivity (Wildman–Crippen MR) is 46.5 cm³/mol. The summed E-state index contributed by atoms with van der Waals surface area (Å²) in [5, 5.41) is 0.397. The van der Waals surface area contributed by atoms with Crippen molar-refractivity contribution in [1.29, 1.82) is 0 Å². The van der Waals surface area contributed by atoms with Crippen LogP contribution in [0.15, 0.2) is 12.3 Å². The Morgan fingerprint density at radius 3 is 3.00 bits per heavy atom. The second-order valence-corrected chi connectivity index (χ2v) is 3.23. The van der Waals surface area contributed by atoms with E-state index in [1.165, 1.54) is 12.3 Å². The molecule has 12 heavy (non-hydrogen) atoms. The number of nitrogens with zero attached hydrogens (tertiary/aromatic N) is 1. The number of aryl methyl sites for hydroxylation is 1. The number of pyridine rings is 1. The Balaban J connectivity index is 2.97. The van der Waals surface area contributed by atoms with Gasteiger partial charge in [0.15, 0.2) is 0 Å². The summed E-state index contributed by atoms with van der Waals surface area (Å²) in [5.41, 5.74) is 0.986. The van der Waals surface area contributed by atoms with Gasteiger partial charge in [0.2, 0.25) is 0 Å². The molecule has 6 heteroatoms. The lowest BCUT2D eigenvalue weighted by molar-refractivity contribution is 0.542. The molecule has 0 bridgehead atoms. The number of rotatable bonds is 2. The molecule has 0 amide bonds. The van der Waals surface area contributed by atoms with Crippen LogP contribution in [0.1, 0.15) is 5.69 Å². The highest BCUT2D eigenvalue weighted by Crippen LogP contribution is 2.17. The van der Waals surface area contributed by atoms with E-state index in [-0.39, 0.29) is 0 Å². The predicted octanol–water partition coefficient (Wildman–Crippen LogP) is 1.25. The summed E-state index contributed by atoms with van der Waals surface area (Å²) in [6.07, 6.45) is 1.45. The lowest BCUT2D eigenvalue weighted by atomic mass is 10.3. The molecule has 0 aliphatic rings. The fourth-order valence-electron chi connectivity index (χ4n) is 0.701. The van der Waals surface area contributed by atoms with Gasteiger partial charge in [0.05, 0.1) is 16.4 Å². The van der Waals surface area contributed by atoms with Crippen molar-refractivity contribution in [3.63, 3.8) is 0 Å². The van der Waals surface area contributed by atoms with Gasteiger partial charge in [0.1, 0.15) is 0 Å². The third-order valence-corrected chi connectivity index (χ3v) is 1.84. The second-order valence-electron chi connectivity index (χ2n) is 2.12. The second kappa shape index (κ2) is 3.84. The van der Waals surface area contributed by atoms with Crippen molar-refractivity contribution in [3.05, 3.63) is 23.0 Å². The van der Waals surface area contributed by atoms with E-state index in [4.69, 9.17) is 11.6 Å². The zero-order valence-corrected chi connectivity index (χ0v) is 7.78. The Bertz CT molecular complexity index is 318. The standard InChI is InChI=1S/C6H7ClN2O2S/c1-4-6(9-12(10)11)2-5(7)3-8-4/h2-3,9H,1H3,(H,10,11)/p-1. The zero-order valence-electron chi connectivity index (χ0n) is 6.20. The SMILES string of the molecule is Cc1ncc(Cl)cc1NS(=O)[O-]. The first-order valence-corrected chi connectivity index (χ1v) is 4.53. The number of hydrogen-bond acceptors (Lipinski definition) is 3. The van der Waals surface area contributed by atoms with Gasteiger partial charge in [-0.25, -0.2) is 0 Å². The smallest absolute Gasteiger partial charge is 0.0680 e. The van der Waals surface area contributed by atoms with E-state index in [1.807, 2.05) is 0 Å². The third-order valence-electron chi connectivity index (χ3n) is 1.25. The van der Waals surface area contributed by atoms with Gasteiger partial charge in [-0.2, -0.15) is 0 Å². The first-order valence-electron chi connectivity index (χ1n) is 3.07. The van der Waals surface area contributed by atoms with Crippen LogP contribution in [-0.2, 0) is 11.3 Å². The molecule has 0 fully saturated rings. The highest BCUT2D eigenvalue weighted by molar-refractivity contribution is 7.80. The van der Waals surface area contributed by atoms with Gasteiger partial charge in [-0.15, -0.1) is 0 Å². The van der Waals surface area contributed by atoms with E-state index in [2.05, 4.69) is 9.71 Å². The molecule has 1 atom stereocenters. The van der Waals surface area contributed by atoms with Crippen molar-refractivity contribution in [2.45, 2.75) is 6.92 Å². The van der Waals surface area contributed by atoms with Crippen molar-refractivity contribution in [3.8, 4) is 0 Å². The molecule has 66 valence electrons. The van der Waals surface area contributed by atoms with Crippen LogP contribution in [0.2, 0.25) is 5.02 Å². The van der Waals surface area contributed by atoms with Gasteiger partial charge in [-0.05, 0) is 13.0 Å². The maximum Gasteiger partial charge on any atom is 0.0680 e. The molecule has 4 nitrogen and oxygen atoms in total. The Hall–Kier alpha value is -0.650. The van der Waals surface area contributed by atoms with Crippen molar-refractivity contribution in [2.75, 3.05) is 4.72 Å². The molecule has 0 aliphatic carbocycles. The lowest BCUT2D eigenvalue weighted by Crippen LogP contribution is -2.04. The summed E-state index contributed by atoms with van der Waals surface area (Å²) < 4.78 is 22.7. The van der Waals surface area contributed by atoms with Crippen LogP contribution in [-0.4, -0.2) is 13.7 Å². The molecule has 0 saturated carbocycles. The van der Waals surface area contributed by atoms with Gasteiger partial charge in [0, 0.05) is 17.5 Å². The fourth-order valence-corrected chi connectivity index (χ4v) is 1.24. The van der Waals surface area contributed by atoms with Crippen LogP contribution >= 0.6 is 11.6 Å². The molecule has 1 rings (SSSR count). The summed E-state index contributed by atoms with van der Waals surface area (Å²) >= 11 is 3.26. The molecule has 1 N–H and O–H groups in total. The average molecular weight is 206 g/mol. The monoisotopic (exact) mass is 205 g/mol. The quantitative estimate of drug-likeness (QED) is 0.739. The maximum atomic E-state index is 10.3. The normalized spacial score (nSPS) is 12.6. The van der Waals surface area contributed by atoms with E-state index in [0.717, 1.165) is 0 Å². The molecule has 0 radical (unpaired) electrons. The third kappa shape index (κ3) is 2.44. The van der Waals surface area contributed by atoms with Crippen LogP contribution in [0.25, 0.3) is 0 Å². The molecule has 1 unspecified atom stereocenters. The van der Waals surface area contributed by atoms with E-state index >= 15 is 0 Å². The van der Waals surface area contributed by atoms with Crippen molar-refractivity contribution < 1.29 is 8.76 Å². The molecular weight excluding hydrogens is 200 g/mol. The molecule has 1 aromatic rings. The van der Waals surface area contributed by atoms with Crippen LogP contribution in [0.4, 0.5) is 5.69 Å². The minimum atomic E-state index is -2.33. The van der Waals surface area contributed by atoms with Crippen molar-refractivity contribution in [2.24, 2.45) is 0 Å². The van der Waals surface area contributed by atoms with Crippen LogP contribution in [0.3, 0.4) is 0 Å². The number of hydrogen-bond donors (Lipinski definition) is 1. The molecule has 1 aromatic heterocycles. The fraction of sp³-hybridized carbons (Fsp3) is 0.167. The van der Waals surface area contributed by atoms with Gasteiger partial charge < -0.3 is 9.27 Å². The van der Waals surface area contributed by atoms with E-state index < -0.39 is 11.3 Å². The van der Waals surface area contributed by atoms with Crippen LogP contribution in [0.5, 0.6) is 0 Å². The van der Waals surface area contributed by atoms with Crippen molar-refractivity contribution >= 4 is 28.6 Å². The van der Waals surface area contributed by atoms with E-state index in [9.17, 15) is 8.76 Å². The summed E-state index contributed by atoms with van der Waals surface area (Å²) in [5.74, 6) is 0. The summed E-state index contributed by atoms with van der Waals surface area (Å²) in [6.45, 7) is 1.69. The Kier molecular flexibility index (Phi) is 3.02. The van der Waals surface area contributed by atoms with Crippen LogP contribution < -0.4 is 4.72 Å². The van der Waals surface area contributed by atoms with Crippen molar-refractivity contribution in [1.82, 2.24) is 4.98 Å². The highest BCUT2D eigenvalue weighted by atomic mass is 35.5. The molecule has 0 aliphatic heterocycles. The summed E-state index contributed by atoms with van der Waals surface area (Å²) in [4.78, 5) is 3.86. The lowest BCUT2D eigenvalue weighted by Gasteiger charge is -2.10. The Morgan fingerprint density at radius 2 is 2.42 bits per heavy atom. The number of anilines is 1. The Labute approximate surface area is 77.4 Å². The van der Waals surface area contributed by atoms with E-state index in [0.29, 0.717) is 16.4 Å². The number of aromatic nitrogens is 1. The largest absolute Gasteiger partial charge is 0.755 e. The van der Waals surface area contributed by atoms with Gasteiger partial charge >= 0.3 is 0 Å². The van der Waals surface area contributed by atoms with Gasteiger partial charge in [-0.3, -0.25) is 9.19 Å². The maximum absolute atomic E-state index is 10.3.